The van der Waals surface area contributed by atoms with Crippen LogP contribution in [0.15, 0.2) is 0 Å². The van der Waals surface area contributed by atoms with Crippen LogP contribution in [0.1, 0.15) is 53.9 Å². The zero-order valence-electron chi connectivity index (χ0n) is 12.5. The summed E-state index contributed by atoms with van der Waals surface area (Å²) in [5.41, 5.74) is -0.594. The first kappa shape index (κ1) is 17.4. The first-order chi connectivity index (χ1) is 8.50. The molecule has 0 aromatic rings. The van der Waals surface area contributed by atoms with Gasteiger partial charge in [-0.25, -0.2) is 0 Å². The van der Waals surface area contributed by atoms with Crippen molar-refractivity contribution in [2.45, 2.75) is 65.5 Å². The Balaban J connectivity index is 4.14. The Kier molecular flexibility index (Phi) is 9.02. The van der Waals surface area contributed by atoms with Crippen LogP contribution in [-0.4, -0.2) is 37.4 Å². The molecule has 0 aliphatic carbocycles. The molecule has 0 rings (SSSR count). The van der Waals surface area contributed by atoms with Crippen molar-refractivity contribution in [1.29, 1.82) is 0 Å². The van der Waals surface area contributed by atoms with Gasteiger partial charge in [-0.3, -0.25) is 4.79 Å². The number of hydrogen-bond donors (Lipinski definition) is 1. The van der Waals surface area contributed by atoms with Crippen LogP contribution in [0.5, 0.6) is 0 Å². The lowest BCUT2D eigenvalue weighted by molar-refractivity contribution is -0.151. The highest BCUT2D eigenvalue weighted by Crippen LogP contribution is 2.15. The number of ether oxygens (including phenoxy) is 2. The van der Waals surface area contributed by atoms with Gasteiger partial charge < -0.3 is 14.8 Å². The lowest BCUT2D eigenvalue weighted by Crippen LogP contribution is -2.50. The third-order valence-electron chi connectivity index (χ3n) is 3.09. The van der Waals surface area contributed by atoms with Crippen molar-refractivity contribution in [3.8, 4) is 0 Å². The van der Waals surface area contributed by atoms with E-state index in [2.05, 4.69) is 19.2 Å². The third-order valence-corrected chi connectivity index (χ3v) is 3.09. The van der Waals surface area contributed by atoms with E-state index in [9.17, 15) is 4.79 Å². The summed E-state index contributed by atoms with van der Waals surface area (Å²) in [5, 5.41) is 3.22. The monoisotopic (exact) mass is 259 g/mol. The second-order valence-electron chi connectivity index (χ2n) is 4.78. The number of esters is 1. The molecule has 0 spiro atoms. The number of rotatable bonds is 10. The maximum Gasteiger partial charge on any atom is 0.326 e. The summed E-state index contributed by atoms with van der Waals surface area (Å²) in [6.07, 6.45) is 2.89. The van der Waals surface area contributed by atoms with E-state index < -0.39 is 5.54 Å². The van der Waals surface area contributed by atoms with E-state index in [4.69, 9.17) is 9.47 Å². The van der Waals surface area contributed by atoms with Crippen LogP contribution in [0.4, 0.5) is 0 Å². The van der Waals surface area contributed by atoms with Gasteiger partial charge in [0.25, 0.3) is 0 Å². The molecule has 0 radical (unpaired) electrons. The molecular formula is C14H29NO3. The van der Waals surface area contributed by atoms with Gasteiger partial charge in [-0.2, -0.15) is 0 Å². The Bertz CT molecular complexity index is 233. The molecule has 0 aliphatic rings. The third kappa shape index (κ3) is 6.36. The fourth-order valence-electron chi connectivity index (χ4n) is 1.77. The van der Waals surface area contributed by atoms with Crippen LogP contribution in [0.2, 0.25) is 0 Å². The zero-order chi connectivity index (χ0) is 14.0. The van der Waals surface area contributed by atoms with Crippen LogP contribution in [0.25, 0.3) is 0 Å². The van der Waals surface area contributed by atoms with Crippen LogP contribution in [0, 0.1) is 0 Å². The molecule has 18 heavy (non-hydrogen) atoms. The van der Waals surface area contributed by atoms with E-state index in [0.29, 0.717) is 13.2 Å². The molecule has 1 N–H and O–H groups in total. The van der Waals surface area contributed by atoms with E-state index in [1.165, 1.54) is 0 Å². The molecule has 0 saturated heterocycles. The minimum absolute atomic E-state index is 0.171. The molecule has 108 valence electrons. The van der Waals surface area contributed by atoms with Gasteiger partial charge in [-0.1, -0.05) is 13.8 Å². The number of nitrogens with one attached hydrogen (secondary N) is 1. The van der Waals surface area contributed by atoms with Gasteiger partial charge in [0.1, 0.15) is 5.54 Å². The van der Waals surface area contributed by atoms with Crippen molar-refractivity contribution >= 4 is 5.97 Å². The molecular weight excluding hydrogens is 230 g/mol. The minimum atomic E-state index is -0.594. The molecule has 4 nitrogen and oxygen atoms in total. The SMILES string of the molecule is CCNC(C)(CCCOC(C)CC)C(=O)OCC. The summed E-state index contributed by atoms with van der Waals surface area (Å²) >= 11 is 0. The van der Waals surface area contributed by atoms with Crippen LogP contribution in [0.3, 0.4) is 0 Å². The highest BCUT2D eigenvalue weighted by atomic mass is 16.5. The highest BCUT2D eigenvalue weighted by Gasteiger charge is 2.33. The smallest absolute Gasteiger partial charge is 0.326 e. The normalized spacial score (nSPS) is 16.1. The molecule has 0 aromatic heterocycles. The van der Waals surface area contributed by atoms with Crippen molar-refractivity contribution in [3.63, 3.8) is 0 Å². The van der Waals surface area contributed by atoms with E-state index >= 15 is 0 Å². The molecule has 0 aromatic carbocycles. The first-order valence-electron chi connectivity index (χ1n) is 7.04. The molecule has 0 heterocycles. The number of carbonyl (C=O) groups is 1. The van der Waals surface area contributed by atoms with Crippen LogP contribution >= 0.6 is 0 Å². The van der Waals surface area contributed by atoms with E-state index in [0.717, 1.165) is 25.8 Å². The lowest BCUT2D eigenvalue weighted by atomic mass is 9.96. The maximum atomic E-state index is 11.9. The Labute approximate surface area is 111 Å². The van der Waals surface area contributed by atoms with Gasteiger partial charge in [0.15, 0.2) is 0 Å². The standard InChI is InChI=1S/C14H29NO3/c1-6-12(4)18-11-9-10-14(5,15-7-2)13(16)17-8-3/h12,15H,6-11H2,1-5H3. The summed E-state index contributed by atoms with van der Waals surface area (Å²) in [6, 6.07) is 0. The van der Waals surface area contributed by atoms with Gasteiger partial charge in [0, 0.05) is 6.61 Å². The van der Waals surface area contributed by atoms with Crippen molar-refractivity contribution in [3.05, 3.63) is 0 Å². The molecule has 4 heteroatoms. The van der Waals surface area contributed by atoms with E-state index in [1.807, 2.05) is 20.8 Å². The molecule has 2 unspecified atom stereocenters. The quantitative estimate of drug-likeness (QED) is 0.484. The predicted octanol–water partition coefficient (Wildman–Crippen LogP) is 2.51. The molecule has 2 atom stereocenters. The van der Waals surface area contributed by atoms with Gasteiger partial charge in [-0.15, -0.1) is 0 Å². The van der Waals surface area contributed by atoms with Crippen LogP contribution in [-0.2, 0) is 14.3 Å². The van der Waals surface area contributed by atoms with Gasteiger partial charge in [-0.05, 0) is 46.6 Å². The summed E-state index contributed by atoms with van der Waals surface area (Å²) in [7, 11) is 0. The topological polar surface area (TPSA) is 47.6 Å². The number of carbonyl (C=O) groups excluding carboxylic acids is 1. The summed E-state index contributed by atoms with van der Waals surface area (Å²) in [6.45, 7) is 11.8. The summed E-state index contributed by atoms with van der Waals surface area (Å²) in [5.74, 6) is -0.171. The molecule has 0 saturated carbocycles. The lowest BCUT2D eigenvalue weighted by Gasteiger charge is -2.28. The van der Waals surface area contributed by atoms with E-state index in [-0.39, 0.29) is 12.1 Å². The van der Waals surface area contributed by atoms with Gasteiger partial charge in [0.05, 0.1) is 12.7 Å². The second-order valence-corrected chi connectivity index (χ2v) is 4.78. The van der Waals surface area contributed by atoms with E-state index in [1.54, 1.807) is 0 Å². The molecule has 0 bridgehead atoms. The fraction of sp³-hybridized carbons (Fsp3) is 0.929. The largest absolute Gasteiger partial charge is 0.465 e. The fourth-order valence-corrected chi connectivity index (χ4v) is 1.77. The maximum absolute atomic E-state index is 11.9. The van der Waals surface area contributed by atoms with Crippen LogP contribution < -0.4 is 5.32 Å². The Morgan fingerprint density at radius 3 is 2.50 bits per heavy atom. The second kappa shape index (κ2) is 9.34. The number of hydrogen-bond acceptors (Lipinski definition) is 4. The number of likely N-dealkylation sites (N-methyl/N-ethyl adjacent to an activating group) is 1. The highest BCUT2D eigenvalue weighted by molar-refractivity contribution is 5.80. The Morgan fingerprint density at radius 1 is 1.33 bits per heavy atom. The molecule has 0 amide bonds. The van der Waals surface area contributed by atoms with Crippen molar-refractivity contribution in [1.82, 2.24) is 5.32 Å². The summed E-state index contributed by atoms with van der Waals surface area (Å²) < 4.78 is 10.7. The average Bonchev–Trinajstić information content (AvgIpc) is 2.35. The minimum Gasteiger partial charge on any atom is -0.465 e. The Hall–Kier alpha value is -0.610. The van der Waals surface area contributed by atoms with Crippen molar-refractivity contribution < 1.29 is 14.3 Å². The zero-order valence-corrected chi connectivity index (χ0v) is 12.5. The van der Waals surface area contributed by atoms with Gasteiger partial charge in [0.2, 0.25) is 0 Å². The van der Waals surface area contributed by atoms with Gasteiger partial charge >= 0.3 is 5.97 Å². The average molecular weight is 259 g/mol. The predicted molar refractivity (Wildman–Crippen MR) is 73.7 cm³/mol. The van der Waals surface area contributed by atoms with Crippen molar-refractivity contribution in [2.75, 3.05) is 19.8 Å². The first-order valence-corrected chi connectivity index (χ1v) is 7.04. The Morgan fingerprint density at radius 2 is 2.00 bits per heavy atom. The molecule has 0 fully saturated rings. The summed E-state index contributed by atoms with van der Waals surface area (Å²) in [4.78, 5) is 11.9. The van der Waals surface area contributed by atoms with Crippen molar-refractivity contribution in [2.24, 2.45) is 0 Å². The molecule has 0 aliphatic heterocycles.